The van der Waals surface area contributed by atoms with Gasteiger partial charge in [-0.25, -0.2) is 0 Å². The first-order chi connectivity index (χ1) is 12.7. The Morgan fingerprint density at radius 3 is 1.42 bits per heavy atom. The van der Waals surface area contributed by atoms with Crippen LogP contribution >= 0.6 is 0 Å². The molecule has 0 radical (unpaired) electrons. The summed E-state index contributed by atoms with van der Waals surface area (Å²) in [6.45, 7) is 0. The Hall–Kier alpha value is -2.65. The molecule has 4 aromatic rings. The van der Waals surface area contributed by atoms with Gasteiger partial charge in [-0.15, -0.1) is 0 Å². The zero-order valence-corrected chi connectivity index (χ0v) is 16.0. The summed E-state index contributed by atoms with van der Waals surface area (Å²) in [6.07, 6.45) is 2.26. The number of rotatable bonds is 4. The Bertz CT molecular complexity index is 1000. The maximum atomic E-state index is 5.75. The number of ether oxygens (including phenoxy) is 2. The summed E-state index contributed by atoms with van der Waals surface area (Å²) in [4.78, 5) is 2.44. The third kappa shape index (κ3) is 2.69. The lowest BCUT2D eigenvalue weighted by Gasteiger charge is -2.14. The van der Waals surface area contributed by atoms with E-state index in [0.717, 1.165) is 11.5 Å². The van der Waals surface area contributed by atoms with E-state index in [0.29, 0.717) is 0 Å². The van der Waals surface area contributed by atoms with Gasteiger partial charge < -0.3 is 9.47 Å². The Labute approximate surface area is 156 Å². The van der Waals surface area contributed by atoms with E-state index < -0.39 is 0 Å². The summed E-state index contributed by atoms with van der Waals surface area (Å²) >= 11 is 0. The van der Waals surface area contributed by atoms with Crippen LogP contribution in [0.4, 0.5) is 0 Å². The van der Waals surface area contributed by atoms with Crippen LogP contribution in [-0.2, 0) is 10.9 Å². The van der Waals surface area contributed by atoms with Crippen LogP contribution in [0.25, 0.3) is 21.5 Å². The molecule has 130 valence electrons. The highest BCUT2D eigenvalue weighted by Gasteiger charge is 2.31. The molecule has 2 nitrogen and oxygen atoms in total. The van der Waals surface area contributed by atoms with Crippen molar-refractivity contribution in [2.24, 2.45) is 0 Å². The van der Waals surface area contributed by atoms with Gasteiger partial charge in [0.25, 0.3) is 0 Å². The largest absolute Gasteiger partial charge is 0.491 e. The highest BCUT2D eigenvalue weighted by Crippen LogP contribution is 2.42. The SMILES string of the molecule is COc1ccc2ccccc2c1[S+](C)c1c(OC)ccc2ccccc12. The van der Waals surface area contributed by atoms with Crippen molar-refractivity contribution < 1.29 is 9.47 Å². The lowest BCUT2D eigenvalue weighted by molar-refractivity contribution is 0.403. The molecule has 4 rings (SSSR count). The first kappa shape index (κ1) is 16.8. The van der Waals surface area contributed by atoms with Crippen LogP contribution < -0.4 is 9.47 Å². The van der Waals surface area contributed by atoms with Crippen molar-refractivity contribution in [3.63, 3.8) is 0 Å². The van der Waals surface area contributed by atoms with Crippen molar-refractivity contribution >= 4 is 32.4 Å². The van der Waals surface area contributed by atoms with Crippen molar-refractivity contribution in [1.82, 2.24) is 0 Å². The number of fused-ring (bicyclic) bond motifs is 2. The summed E-state index contributed by atoms with van der Waals surface area (Å²) in [6, 6.07) is 25.3. The van der Waals surface area contributed by atoms with Gasteiger partial charge in [0, 0.05) is 10.8 Å². The minimum Gasteiger partial charge on any atom is -0.491 e. The second-order valence-electron chi connectivity index (χ2n) is 6.15. The first-order valence-electron chi connectivity index (χ1n) is 8.52. The molecule has 0 aromatic heterocycles. The molecule has 0 spiro atoms. The van der Waals surface area contributed by atoms with E-state index in [1.165, 1.54) is 31.3 Å². The third-order valence-corrected chi connectivity index (χ3v) is 6.81. The highest BCUT2D eigenvalue weighted by atomic mass is 32.2. The summed E-state index contributed by atoms with van der Waals surface area (Å²) in [5.74, 6) is 1.84. The minimum absolute atomic E-state index is 0.219. The van der Waals surface area contributed by atoms with Gasteiger partial charge in [-0.2, -0.15) is 0 Å². The van der Waals surface area contributed by atoms with Crippen molar-refractivity contribution in [3.8, 4) is 11.5 Å². The Balaban J connectivity index is 2.04. The number of hydrogen-bond acceptors (Lipinski definition) is 2. The minimum atomic E-state index is -0.219. The van der Waals surface area contributed by atoms with Crippen LogP contribution in [0, 0.1) is 0 Å². The fraction of sp³-hybridized carbons (Fsp3) is 0.130. The summed E-state index contributed by atoms with van der Waals surface area (Å²) < 4.78 is 11.5. The summed E-state index contributed by atoms with van der Waals surface area (Å²) in [5, 5.41) is 4.91. The fourth-order valence-electron chi connectivity index (χ4n) is 3.50. The Morgan fingerprint density at radius 1 is 0.577 bits per heavy atom. The Kier molecular flexibility index (Phi) is 4.48. The predicted molar refractivity (Wildman–Crippen MR) is 111 cm³/mol. The smallest absolute Gasteiger partial charge is 0.210 e. The molecule has 0 aliphatic carbocycles. The standard InChI is InChI=1S/C23H21O2S/c1-24-20-14-12-16-8-4-6-10-18(16)22(20)26(3)23-19-11-7-5-9-17(19)13-15-21(23)25-2/h4-15H,1-3H3/q+1. The molecule has 3 heteroatoms. The molecular weight excluding hydrogens is 340 g/mol. The lowest BCUT2D eigenvalue weighted by Crippen LogP contribution is -2.07. The predicted octanol–water partition coefficient (Wildman–Crippen LogP) is 5.68. The zero-order chi connectivity index (χ0) is 18.1. The molecule has 0 amide bonds. The fourth-order valence-corrected chi connectivity index (χ4v) is 5.64. The monoisotopic (exact) mass is 361 g/mol. The second-order valence-corrected chi connectivity index (χ2v) is 7.98. The van der Waals surface area contributed by atoms with E-state index in [-0.39, 0.29) is 10.9 Å². The van der Waals surface area contributed by atoms with E-state index in [4.69, 9.17) is 9.47 Å². The van der Waals surface area contributed by atoms with E-state index in [9.17, 15) is 0 Å². The van der Waals surface area contributed by atoms with Crippen LogP contribution in [0.2, 0.25) is 0 Å². The normalized spacial score (nSPS) is 11.2. The average molecular weight is 361 g/mol. The highest BCUT2D eigenvalue weighted by molar-refractivity contribution is 7.97. The van der Waals surface area contributed by atoms with Gasteiger partial charge in [0.2, 0.25) is 9.79 Å². The van der Waals surface area contributed by atoms with Gasteiger partial charge in [-0.3, -0.25) is 0 Å². The van der Waals surface area contributed by atoms with Crippen molar-refractivity contribution in [3.05, 3.63) is 72.8 Å². The van der Waals surface area contributed by atoms with E-state index >= 15 is 0 Å². The van der Waals surface area contributed by atoms with Crippen molar-refractivity contribution in [1.29, 1.82) is 0 Å². The van der Waals surface area contributed by atoms with Gasteiger partial charge in [-0.05, 0) is 35.0 Å². The van der Waals surface area contributed by atoms with Crippen LogP contribution in [0.1, 0.15) is 0 Å². The van der Waals surface area contributed by atoms with Crippen molar-refractivity contribution in [2.75, 3.05) is 20.5 Å². The topological polar surface area (TPSA) is 18.5 Å². The van der Waals surface area contributed by atoms with Crippen LogP contribution in [0.15, 0.2) is 82.6 Å². The van der Waals surface area contributed by atoms with Gasteiger partial charge in [0.1, 0.15) is 6.26 Å². The molecule has 0 aliphatic rings. The van der Waals surface area contributed by atoms with Crippen molar-refractivity contribution in [2.45, 2.75) is 9.79 Å². The molecule has 0 bridgehead atoms. The van der Waals surface area contributed by atoms with Gasteiger partial charge >= 0.3 is 0 Å². The molecule has 4 aromatic carbocycles. The van der Waals surface area contributed by atoms with E-state index in [1.54, 1.807) is 14.2 Å². The van der Waals surface area contributed by atoms with Crippen LogP contribution in [0.5, 0.6) is 11.5 Å². The van der Waals surface area contributed by atoms with E-state index in [2.05, 4.69) is 79.1 Å². The van der Waals surface area contributed by atoms with Gasteiger partial charge in [-0.1, -0.05) is 48.5 Å². The van der Waals surface area contributed by atoms with Gasteiger partial charge in [0.15, 0.2) is 11.5 Å². The number of hydrogen-bond donors (Lipinski definition) is 0. The first-order valence-corrected chi connectivity index (χ1v) is 10.2. The van der Waals surface area contributed by atoms with Gasteiger partial charge in [0.05, 0.1) is 25.1 Å². The molecule has 0 saturated heterocycles. The summed E-state index contributed by atoms with van der Waals surface area (Å²) in [7, 11) is 3.26. The molecule has 0 N–H and O–H groups in total. The lowest BCUT2D eigenvalue weighted by atomic mass is 10.1. The molecular formula is C23H21O2S+. The van der Waals surface area contributed by atoms with Crippen LogP contribution in [-0.4, -0.2) is 20.5 Å². The summed E-state index contributed by atoms with van der Waals surface area (Å²) in [5.41, 5.74) is 0. The quantitative estimate of drug-likeness (QED) is 0.436. The maximum absolute atomic E-state index is 5.75. The zero-order valence-electron chi connectivity index (χ0n) is 15.2. The molecule has 0 atom stereocenters. The number of benzene rings is 4. The molecule has 0 saturated carbocycles. The molecule has 0 heterocycles. The Morgan fingerprint density at radius 2 is 1.00 bits per heavy atom. The number of methoxy groups -OCH3 is 2. The van der Waals surface area contributed by atoms with Crippen LogP contribution in [0.3, 0.4) is 0 Å². The third-order valence-electron chi connectivity index (χ3n) is 4.74. The second kappa shape index (κ2) is 6.93. The molecule has 0 aliphatic heterocycles. The van der Waals surface area contributed by atoms with E-state index in [1.807, 2.05) is 0 Å². The maximum Gasteiger partial charge on any atom is 0.210 e. The average Bonchev–Trinajstić information content (AvgIpc) is 2.71. The molecule has 0 fully saturated rings. The molecule has 0 unspecified atom stereocenters. The molecule has 26 heavy (non-hydrogen) atoms.